The van der Waals surface area contributed by atoms with Crippen molar-refractivity contribution in [3.8, 4) is 0 Å². The number of thioether (sulfide) groups is 1. The number of hydrogen-bond donors (Lipinski definition) is 3. The quantitative estimate of drug-likeness (QED) is 0.208. The molecule has 154 valence electrons. The first-order chi connectivity index (χ1) is 13.8. The molecule has 0 aromatic carbocycles. The van der Waals surface area contributed by atoms with E-state index in [0.717, 1.165) is 28.0 Å². The van der Waals surface area contributed by atoms with Crippen LogP contribution < -0.4 is 16.0 Å². The molecule has 3 N–H and O–H groups in total. The van der Waals surface area contributed by atoms with Crippen molar-refractivity contribution in [2.45, 2.75) is 12.2 Å². The van der Waals surface area contributed by atoms with Crippen molar-refractivity contribution in [2.75, 3.05) is 24.1 Å². The van der Waals surface area contributed by atoms with Crippen LogP contribution in [0.5, 0.6) is 0 Å². The van der Waals surface area contributed by atoms with Crippen molar-refractivity contribution >= 4 is 74.4 Å². The third-order valence-electron chi connectivity index (χ3n) is 3.75. The fourth-order valence-electron chi connectivity index (χ4n) is 2.46. The van der Waals surface area contributed by atoms with Crippen LogP contribution in [-0.4, -0.2) is 75.4 Å². The Hall–Kier alpha value is -2.71. The van der Waals surface area contributed by atoms with E-state index in [1.165, 1.54) is 12.5 Å². The number of anilines is 1. The smallest absolute Gasteiger partial charge is 0.290 e. The minimum atomic E-state index is -1.15. The molecular weight excluding hydrogens is 448 g/mol. The molecule has 2 saturated heterocycles. The fraction of sp³-hybridized carbons (Fsp3) is 0.357. The molecule has 0 bridgehead atoms. The number of carbonyl (C=O) groups is 5. The number of oxime groups is 1. The molecule has 2 aliphatic rings. The monoisotopic (exact) mass is 460 g/mol. The van der Waals surface area contributed by atoms with Crippen LogP contribution in [0.3, 0.4) is 0 Å². The first-order valence-corrected chi connectivity index (χ1v) is 10.3. The van der Waals surface area contributed by atoms with Crippen molar-refractivity contribution in [3.05, 3.63) is 11.1 Å². The Morgan fingerprint density at radius 3 is 2.79 bits per heavy atom. The van der Waals surface area contributed by atoms with Crippen molar-refractivity contribution < 1.29 is 28.8 Å². The number of nitrogens with zero attached hydrogens (tertiary/aromatic N) is 3. The zero-order valence-electron chi connectivity index (χ0n) is 14.6. The lowest BCUT2D eigenvalue weighted by Gasteiger charge is -2.40. The van der Waals surface area contributed by atoms with Crippen molar-refractivity contribution in [2.24, 2.45) is 5.16 Å². The van der Waals surface area contributed by atoms with Gasteiger partial charge in [-0.2, -0.15) is 0 Å². The molecule has 15 heteroatoms. The van der Waals surface area contributed by atoms with Gasteiger partial charge < -0.3 is 20.8 Å². The topological polar surface area (TPSA) is 159 Å². The number of thiazole rings is 1. The molecule has 3 rings (SSSR count). The van der Waals surface area contributed by atoms with Gasteiger partial charge in [0.25, 0.3) is 11.1 Å². The first-order valence-electron chi connectivity index (χ1n) is 7.88. The Labute approximate surface area is 176 Å². The fourth-order valence-corrected chi connectivity index (χ4v) is 3.97. The summed E-state index contributed by atoms with van der Waals surface area (Å²) in [5, 5.41) is 12.0. The Bertz CT molecular complexity index is 904. The summed E-state index contributed by atoms with van der Waals surface area (Å²) in [5.41, 5.74) is -0.179. The highest BCUT2D eigenvalue weighted by molar-refractivity contribution is 8.14. The summed E-state index contributed by atoms with van der Waals surface area (Å²) in [6, 6.07) is -1.15. The molecule has 1 aromatic heterocycles. The normalized spacial score (nSPS) is 21.5. The maximum atomic E-state index is 12.7. The third-order valence-corrected chi connectivity index (χ3v) is 5.59. The highest BCUT2D eigenvalue weighted by Gasteiger charge is 2.50. The van der Waals surface area contributed by atoms with E-state index < -0.39 is 41.1 Å². The molecular formula is C14H13ClN6O6S2. The third kappa shape index (κ3) is 4.33. The molecule has 1 unspecified atom stereocenters. The van der Waals surface area contributed by atoms with Crippen molar-refractivity contribution in [3.63, 3.8) is 0 Å². The van der Waals surface area contributed by atoms with E-state index in [2.05, 4.69) is 30.9 Å². The Morgan fingerprint density at radius 1 is 1.45 bits per heavy atom. The Balaban J connectivity index is 1.74. The Kier molecular flexibility index (Phi) is 6.34. The van der Waals surface area contributed by atoms with Crippen LogP contribution in [0.15, 0.2) is 10.5 Å². The largest absolute Gasteiger partial charge is 0.398 e. The highest BCUT2D eigenvalue weighted by Crippen LogP contribution is 2.25. The second-order valence-electron chi connectivity index (χ2n) is 5.57. The predicted octanol–water partition coefficient (Wildman–Crippen LogP) is -0.693. The standard InChI is InChI=1S/C14H13ClN6O6S2/c1-27-20-8(5-3-28-13(16-5)17-6(22)2-15)11(24)18-9-10(19-12(9)25)21-7(23)4-29-14(21)26/h3,9-10H,2,4H2,1H3,(H,18,24)(H,19,25)(H,16,17,22)/b20-8-/t9-,10?/m0/s1. The predicted molar refractivity (Wildman–Crippen MR) is 104 cm³/mol. The molecule has 5 amide bonds. The number of amides is 5. The lowest BCUT2D eigenvalue weighted by molar-refractivity contribution is -0.143. The molecule has 2 aliphatic heterocycles. The maximum absolute atomic E-state index is 12.7. The van der Waals surface area contributed by atoms with E-state index in [0.29, 0.717) is 0 Å². The number of aromatic nitrogens is 1. The van der Waals surface area contributed by atoms with E-state index in [1.807, 2.05) is 0 Å². The number of carbonyl (C=O) groups excluding carboxylic acids is 5. The zero-order chi connectivity index (χ0) is 21.1. The summed E-state index contributed by atoms with van der Waals surface area (Å²) < 4.78 is 0. The number of nitrogens with one attached hydrogen (secondary N) is 3. The summed E-state index contributed by atoms with van der Waals surface area (Å²) in [7, 11) is 1.22. The summed E-state index contributed by atoms with van der Waals surface area (Å²) in [4.78, 5) is 69.2. The van der Waals surface area contributed by atoms with E-state index in [9.17, 15) is 24.0 Å². The number of alkyl halides is 1. The van der Waals surface area contributed by atoms with Crippen LogP contribution in [0.25, 0.3) is 0 Å². The molecule has 0 radical (unpaired) electrons. The van der Waals surface area contributed by atoms with Crippen LogP contribution in [-0.2, 0) is 24.0 Å². The molecule has 3 heterocycles. The molecule has 0 spiro atoms. The van der Waals surface area contributed by atoms with Gasteiger partial charge in [0.15, 0.2) is 10.8 Å². The van der Waals surface area contributed by atoms with E-state index in [4.69, 9.17) is 11.6 Å². The van der Waals surface area contributed by atoms with Gasteiger partial charge in [0.1, 0.15) is 30.9 Å². The van der Waals surface area contributed by atoms with E-state index >= 15 is 0 Å². The minimum absolute atomic E-state index is 0.0299. The molecule has 0 saturated carbocycles. The Morgan fingerprint density at radius 2 is 2.21 bits per heavy atom. The number of β-lactam (4-membered cyclic amide) rings is 1. The van der Waals surface area contributed by atoms with Gasteiger partial charge in [0.2, 0.25) is 17.7 Å². The van der Waals surface area contributed by atoms with Gasteiger partial charge >= 0.3 is 0 Å². The molecule has 0 aliphatic carbocycles. The lowest BCUT2D eigenvalue weighted by atomic mass is 10.0. The van der Waals surface area contributed by atoms with Crippen LogP contribution >= 0.6 is 34.7 Å². The van der Waals surface area contributed by atoms with Crippen molar-refractivity contribution in [1.29, 1.82) is 0 Å². The summed E-state index contributed by atoms with van der Waals surface area (Å²) in [5.74, 6) is -2.62. The maximum Gasteiger partial charge on any atom is 0.290 e. The summed E-state index contributed by atoms with van der Waals surface area (Å²) >= 11 is 7.26. The first kappa shape index (κ1) is 21.0. The van der Waals surface area contributed by atoms with Gasteiger partial charge in [-0.15, -0.1) is 22.9 Å². The average Bonchev–Trinajstić information content (AvgIpc) is 3.28. The van der Waals surface area contributed by atoms with E-state index in [1.54, 1.807) is 0 Å². The van der Waals surface area contributed by atoms with E-state index in [-0.39, 0.29) is 28.2 Å². The molecule has 1 aromatic rings. The van der Waals surface area contributed by atoms with Gasteiger partial charge in [0, 0.05) is 5.38 Å². The number of halogens is 1. The second-order valence-corrected chi connectivity index (χ2v) is 7.62. The lowest BCUT2D eigenvalue weighted by Crippen LogP contribution is -2.75. The van der Waals surface area contributed by atoms with Gasteiger partial charge in [-0.3, -0.25) is 24.0 Å². The van der Waals surface area contributed by atoms with Crippen molar-refractivity contribution in [1.82, 2.24) is 20.5 Å². The minimum Gasteiger partial charge on any atom is -0.398 e. The van der Waals surface area contributed by atoms with Crippen LogP contribution in [0.1, 0.15) is 5.69 Å². The van der Waals surface area contributed by atoms with Gasteiger partial charge in [-0.25, -0.2) is 9.88 Å². The summed E-state index contributed by atoms with van der Waals surface area (Å²) in [6.07, 6.45) is -0.987. The number of imide groups is 1. The second kappa shape index (κ2) is 8.75. The summed E-state index contributed by atoms with van der Waals surface area (Å²) in [6.45, 7) is 0. The van der Waals surface area contributed by atoms with Gasteiger partial charge in [-0.1, -0.05) is 16.9 Å². The van der Waals surface area contributed by atoms with Crippen LogP contribution in [0, 0.1) is 0 Å². The molecule has 2 atom stereocenters. The SMILES string of the molecule is CO/N=C(\C(=O)N[C@@H]1C(=O)NC1N1C(=O)CSC1=O)c1csc(NC(=O)CCl)n1. The van der Waals surface area contributed by atoms with Gasteiger partial charge in [-0.05, 0) is 0 Å². The molecule has 2 fully saturated rings. The van der Waals surface area contributed by atoms with Gasteiger partial charge in [0.05, 0.1) is 5.75 Å². The molecule has 29 heavy (non-hydrogen) atoms. The van der Waals surface area contributed by atoms with Crippen LogP contribution in [0.4, 0.5) is 9.93 Å². The highest BCUT2D eigenvalue weighted by atomic mass is 35.5. The number of hydrogen-bond acceptors (Lipinski definition) is 10. The molecule has 12 nitrogen and oxygen atoms in total. The number of rotatable bonds is 7. The zero-order valence-corrected chi connectivity index (χ0v) is 17.0. The average molecular weight is 461 g/mol. The van der Waals surface area contributed by atoms with Crippen LogP contribution in [0.2, 0.25) is 0 Å².